The number of hydrogen-bond donors (Lipinski definition) is 4. The maximum atomic E-state index is 14.6. The van der Waals surface area contributed by atoms with Crippen molar-refractivity contribution in [1.82, 2.24) is 45.3 Å². The van der Waals surface area contributed by atoms with Crippen LogP contribution in [0.3, 0.4) is 0 Å². The number of pyridine rings is 3. The Bertz CT molecular complexity index is 1820. The smallest absolute Gasteiger partial charge is 0.178 e. The Hall–Kier alpha value is -4.74. The van der Waals surface area contributed by atoms with Crippen LogP contribution in [-0.2, 0) is 6.54 Å². The number of aromatic nitrogens is 7. The summed E-state index contributed by atoms with van der Waals surface area (Å²) in [7, 11) is 4.00. The molecule has 4 N–H and O–H groups in total. The van der Waals surface area contributed by atoms with Gasteiger partial charge in [0.1, 0.15) is 11.3 Å². The highest BCUT2D eigenvalue weighted by atomic mass is 19.1. The van der Waals surface area contributed by atoms with Crippen molar-refractivity contribution in [2.45, 2.75) is 13.5 Å². The van der Waals surface area contributed by atoms with Crippen molar-refractivity contribution in [3.63, 3.8) is 0 Å². The van der Waals surface area contributed by atoms with Crippen LogP contribution in [0.1, 0.15) is 12.5 Å². The summed E-state index contributed by atoms with van der Waals surface area (Å²) in [6.07, 6.45) is 5.34. The molecule has 0 aliphatic carbocycles. The molecule has 0 bridgehead atoms. The first-order chi connectivity index (χ1) is 20.0. The van der Waals surface area contributed by atoms with Crippen molar-refractivity contribution in [2.75, 3.05) is 39.0 Å². The van der Waals surface area contributed by atoms with E-state index < -0.39 is 0 Å². The first kappa shape index (κ1) is 26.5. The van der Waals surface area contributed by atoms with Crippen molar-refractivity contribution < 1.29 is 4.39 Å². The number of H-pyrrole nitrogens is 2. The summed E-state index contributed by atoms with van der Waals surface area (Å²) in [6, 6.07) is 12.8. The monoisotopic (exact) mass is 550 g/mol. The van der Waals surface area contributed by atoms with E-state index in [1.54, 1.807) is 6.20 Å². The quantitative estimate of drug-likeness (QED) is 0.191. The van der Waals surface area contributed by atoms with Crippen LogP contribution in [-0.4, -0.2) is 73.7 Å². The lowest BCUT2D eigenvalue weighted by Gasteiger charge is -2.13. The van der Waals surface area contributed by atoms with E-state index in [4.69, 9.17) is 9.97 Å². The molecule has 41 heavy (non-hydrogen) atoms. The predicted molar refractivity (Wildman–Crippen MR) is 160 cm³/mol. The molecule has 0 amide bonds. The van der Waals surface area contributed by atoms with Crippen LogP contribution in [0.2, 0.25) is 0 Å². The second-order valence-electron chi connectivity index (χ2n) is 10.1. The third-order valence-electron chi connectivity index (χ3n) is 6.79. The molecule has 0 spiro atoms. The number of nitrogens with one attached hydrogen (secondary N) is 4. The number of nitrogens with zero attached hydrogens (tertiary/aromatic N) is 6. The number of rotatable bonds is 10. The van der Waals surface area contributed by atoms with Crippen LogP contribution in [0.4, 0.5) is 10.1 Å². The van der Waals surface area contributed by atoms with Crippen molar-refractivity contribution in [2.24, 2.45) is 0 Å². The zero-order chi connectivity index (χ0) is 28.3. The van der Waals surface area contributed by atoms with Gasteiger partial charge in [0.15, 0.2) is 17.2 Å². The molecule has 0 atom stereocenters. The number of likely N-dealkylation sites (N-methyl/N-ethyl adjacent to an activating group) is 1. The van der Waals surface area contributed by atoms with Crippen LogP contribution in [0, 0.1) is 5.82 Å². The molecular weight excluding hydrogens is 519 g/mol. The summed E-state index contributed by atoms with van der Waals surface area (Å²) in [6.45, 7) is 5.23. The Morgan fingerprint density at radius 2 is 1.90 bits per heavy atom. The Morgan fingerprint density at radius 1 is 1.00 bits per heavy atom. The number of hydrogen-bond acceptors (Lipinski definition) is 8. The van der Waals surface area contributed by atoms with Crippen LogP contribution in [0.15, 0.2) is 61.1 Å². The van der Waals surface area contributed by atoms with Crippen LogP contribution < -0.4 is 10.6 Å². The number of halogens is 1. The van der Waals surface area contributed by atoms with Gasteiger partial charge in [-0.15, -0.1) is 0 Å². The number of anilines is 1. The number of fused-ring (bicyclic) bond motifs is 2. The Balaban J connectivity index is 1.37. The van der Waals surface area contributed by atoms with Gasteiger partial charge >= 0.3 is 0 Å². The lowest BCUT2D eigenvalue weighted by Crippen LogP contribution is -2.20. The van der Waals surface area contributed by atoms with E-state index in [2.05, 4.69) is 53.7 Å². The molecule has 10 nitrogen and oxygen atoms in total. The van der Waals surface area contributed by atoms with Gasteiger partial charge in [-0.1, -0.05) is 6.92 Å². The Morgan fingerprint density at radius 3 is 2.76 bits per heavy atom. The fourth-order valence-corrected chi connectivity index (χ4v) is 4.75. The van der Waals surface area contributed by atoms with Crippen molar-refractivity contribution >= 4 is 27.9 Å². The van der Waals surface area contributed by atoms with Gasteiger partial charge in [-0.25, -0.2) is 19.3 Å². The molecule has 0 aliphatic heterocycles. The summed E-state index contributed by atoms with van der Waals surface area (Å²) in [5.41, 5.74) is 8.27. The van der Waals surface area contributed by atoms with E-state index in [0.29, 0.717) is 40.4 Å². The molecule has 5 aromatic heterocycles. The standard InChI is InChI=1S/C30H31FN10/c1-4-32-15-18-11-20(17-33-16-18)24-5-6-25-27(36-24)28(40-39-25)30-37-26-23(7-8-35-29(26)38-30)19-12-21(31)14-22(13-19)34-9-10-41(2)3/h5-8,11-14,16-17,32,34H,4,9-10,15H2,1-3H3,(H,39,40)(H,35,37,38). The van der Waals surface area contributed by atoms with Gasteiger partial charge in [0.05, 0.1) is 16.7 Å². The molecule has 0 fully saturated rings. The van der Waals surface area contributed by atoms with Crippen molar-refractivity contribution in [3.05, 3.63) is 72.4 Å². The molecule has 0 radical (unpaired) electrons. The Labute approximate surface area is 236 Å². The lowest BCUT2D eigenvalue weighted by molar-refractivity contribution is 0.425. The third-order valence-corrected chi connectivity index (χ3v) is 6.79. The Kier molecular flexibility index (Phi) is 7.36. The number of imidazole rings is 1. The van der Waals surface area contributed by atoms with Gasteiger partial charge in [-0.05, 0) is 74.2 Å². The summed E-state index contributed by atoms with van der Waals surface area (Å²) < 4.78 is 14.6. The van der Waals surface area contributed by atoms with Gasteiger partial charge in [-0.3, -0.25) is 10.1 Å². The molecule has 1 aromatic carbocycles. The molecule has 0 saturated heterocycles. The van der Waals surface area contributed by atoms with E-state index >= 15 is 0 Å². The van der Waals surface area contributed by atoms with Gasteiger partial charge in [0, 0.05) is 55.0 Å². The zero-order valence-corrected chi connectivity index (χ0v) is 23.2. The average Bonchev–Trinajstić information content (AvgIpc) is 3.59. The van der Waals surface area contributed by atoms with Crippen molar-refractivity contribution in [1.29, 1.82) is 0 Å². The van der Waals surface area contributed by atoms with E-state index in [9.17, 15) is 4.39 Å². The second kappa shape index (κ2) is 11.4. The molecule has 6 rings (SSSR count). The lowest BCUT2D eigenvalue weighted by atomic mass is 10.0. The first-order valence-electron chi connectivity index (χ1n) is 13.5. The third kappa shape index (κ3) is 5.63. The minimum Gasteiger partial charge on any atom is -0.384 e. The van der Waals surface area contributed by atoms with Crippen LogP contribution in [0.5, 0.6) is 0 Å². The first-order valence-corrected chi connectivity index (χ1v) is 13.5. The van der Waals surface area contributed by atoms with E-state index in [1.807, 2.05) is 50.8 Å². The SMILES string of the molecule is CCNCc1cncc(-c2ccc3[nH]nc(-c4nc5nccc(-c6cc(F)cc(NCCN(C)C)c6)c5[nH]4)c3n2)c1. The molecule has 11 heteroatoms. The van der Waals surface area contributed by atoms with Gasteiger partial charge in [0.2, 0.25) is 0 Å². The topological polar surface area (TPSA) is 123 Å². The zero-order valence-electron chi connectivity index (χ0n) is 23.2. The molecule has 0 saturated carbocycles. The van der Waals surface area contributed by atoms with E-state index in [-0.39, 0.29) is 5.82 Å². The maximum absolute atomic E-state index is 14.6. The highest BCUT2D eigenvalue weighted by Crippen LogP contribution is 2.32. The van der Waals surface area contributed by atoms with Gasteiger partial charge in [0.25, 0.3) is 0 Å². The van der Waals surface area contributed by atoms with Gasteiger partial charge in [-0.2, -0.15) is 5.10 Å². The molecule has 0 aliphatic rings. The normalized spacial score (nSPS) is 11.6. The second-order valence-corrected chi connectivity index (χ2v) is 10.1. The molecule has 5 heterocycles. The minimum absolute atomic E-state index is 0.321. The van der Waals surface area contributed by atoms with Gasteiger partial charge < -0.3 is 20.5 Å². The fourth-order valence-electron chi connectivity index (χ4n) is 4.75. The molecule has 208 valence electrons. The van der Waals surface area contributed by atoms with E-state index in [1.165, 1.54) is 12.1 Å². The predicted octanol–water partition coefficient (Wildman–Crippen LogP) is 4.85. The summed E-state index contributed by atoms with van der Waals surface area (Å²) in [4.78, 5) is 24.0. The number of aromatic amines is 2. The summed E-state index contributed by atoms with van der Waals surface area (Å²) in [5.74, 6) is 0.203. The van der Waals surface area contributed by atoms with Crippen molar-refractivity contribution in [3.8, 4) is 33.9 Å². The highest BCUT2D eigenvalue weighted by molar-refractivity contribution is 5.95. The summed E-state index contributed by atoms with van der Waals surface area (Å²) >= 11 is 0. The van der Waals surface area contributed by atoms with E-state index in [0.717, 1.165) is 53.1 Å². The maximum Gasteiger partial charge on any atom is 0.178 e. The molecule has 0 unspecified atom stereocenters. The molecule has 6 aromatic rings. The molecular formula is C30H31FN10. The largest absolute Gasteiger partial charge is 0.384 e. The number of benzene rings is 1. The van der Waals surface area contributed by atoms with Crippen LogP contribution in [0.25, 0.3) is 56.1 Å². The highest BCUT2D eigenvalue weighted by Gasteiger charge is 2.18. The average molecular weight is 551 g/mol. The fraction of sp³-hybridized carbons (Fsp3) is 0.233. The summed E-state index contributed by atoms with van der Waals surface area (Å²) in [5, 5.41) is 14.2. The van der Waals surface area contributed by atoms with Crippen LogP contribution >= 0.6 is 0 Å². The minimum atomic E-state index is -0.321.